The first-order valence-corrected chi connectivity index (χ1v) is 5.70. The molecule has 0 unspecified atom stereocenters. The summed E-state index contributed by atoms with van der Waals surface area (Å²) in [6.45, 7) is 6.51. The molecule has 15 heavy (non-hydrogen) atoms. The van der Waals surface area contributed by atoms with E-state index in [4.69, 9.17) is 5.73 Å². The zero-order valence-corrected chi connectivity index (χ0v) is 10.0. The standard InChI is InChI=1S/C11H23N3O/c1-9(2)14-6-4-11(13-3,5-7-14)8-10(12)15/h9,13H,4-8H2,1-3H3,(H2,12,15). The van der Waals surface area contributed by atoms with E-state index in [9.17, 15) is 4.79 Å². The zero-order valence-electron chi connectivity index (χ0n) is 10.0. The van der Waals surface area contributed by atoms with Crippen molar-refractivity contribution < 1.29 is 4.79 Å². The highest BCUT2D eigenvalue weighted by atomic mass is 16.1. The van der Waals surface area contributed by atoms with Crippen LogP contribution in [-0.2, 0) is 4.79 Å². The zero-order chi connectivity index (χ0) is 11.5. The van der Waals surface area contributed by atoms with Crippen LogP contribution in [-0.4, -0.2) is 42.5 Å². The fraction of sp³-hybridized carbons (Fsp3) is 0.909. The van der Waals surface area contributed by atoms with E-state index in [-0.39, 0.29) is 11.4 Å². The Bertz CT molecular complexity index is 220. The van der Waals surface area contributed by atoms with Gasteiger partial charge >= 0.3 is 0 Å². The molecule has 1 saturated heterocycles. The third kappa shape index (κ3) is 3.18. The lowest BCUT2D eigenvalue weighted by Gasteiger charge is -2.42. The molecule has 0 spiro atoms. The Morgan fingerprint density at radius 3 is 2.33 bits per heavy atom. The number of hydrogen-bond donors (Lipinski definition) is 2. The van der Waals surface area contributed by atoms with Crippen molar-refractivity contribution in [3.8, 4) is 0 Å². The summed E-state index contributed by atoms with van der Waals surface area (Å²) in [5.74, 6) is -0.206. The molecule has 1 rings (SSSR count). The maximum Gasteiger partial charge on any atom is 0.219 e. The van der Waals surface area contributed by atoms with Crippen LogP contribution in [0.4, 0.5) is 0 Å². The van der Waals surface area contributed by atoms with Gasteiger partial charge in [-0.15, -0.1) is 0 Å². The average Bonchev–Trinajstić information content (AvgIpc) is 2.17. The first-order chi connectivity index (χ1) is 6.99. The van der Waals surface area contributed by atoms with Gasteiger partial charge in [0.25, 0.3) is 0 Å². The molecule has 0 aromatic rings. The summed E-state index contributed by atoms with van der Waals surface area (Å²) in [5, 5.41) is 3.28. The van der Waals surface area contributed by atoms with Crippen LogP contribution in [0.2, 0.25) is 0 Å². The van der Waals surface area contributed by atoms with Gasteiger partial charge in [-0.3, -0.25) is 4.79 Å². The van der Waals surface area contributed by atoms with Crippen LogP contribution < -0.4 is 11.1 Å². The Kier molecular flexibility index (Phi) is 4.11. The van der Waals surface area contributed by atoms with Gasteiger partial charge in [0.05, 0.1) is 0 Å². The molecule has 88 valence electrons. The Labute approximate surface area is 92.2 Å². The van der Waals surface area contributed by atoms with E-state index in [1.165, 1.54) is 0 Å². The van der Waals surface area contributed by atoms with E-state index < -0.39 is 0 Å². The van der Waals surface area contributed by atoms with Crippen molar-refractivity contribution in [2.45, 2.75) is 44.7 Å². The fourth-order valence-electron chi connectivity index (χ4n) is 2.32. The molecule has 0 aliphatic carbocycles. The number of carbonyl (C=O) groups excluding carboxylic acids is 1. The first-order valence-electron chi connectivity index (χ1n) is 5.70. The van der Waals surface area contributed by atoms with E-state index >= 15 is 0 Å². The monoisotopic (exact) mass is 213 g/mol. The number of rotatable bonds is 4. The largest absolute Gasteiger partial charge is 0.370 e. The fourth-order valence-corrected chi connectivity index (χ4v) is 2.32. The summed E-state index contributed by atoms with van der Waals surface area (Å²) in [6.07, 6.45) is 2.46. The summed E-state index contributed by atoms with van der Waals surface area (Å²) < 4.78 is 0. The summed E-state index contributed by atoms with van der Waals surface area (Å²) in [7, 11) is 1.92. The van der Waals surface area contributed by atoms with Crippen molar-refractivity contribution >= 4 is 5.91 Å². The second-order valence-corrected chi connectivity index (χ2v) is 4.80. The molecule has 1 aliphatic heterocycles. The number of piperidine rings is 1. The third-order valence-electron chi connectivity index (χ3n) is 3.53. The molecule has 0 bridgehead atoms. The lowest BCUT2D eigenvalue weighted by Crippen LogP contribution is -2.54. The van der Waals surface area contributed by atoms with Gasteiger partial charge in [-0.2, -0.15) is 0 Å². The molecule has 0 aromatic carbocycles. The Hall–Kier alpha value is -0.610. The van der Waals surface area contributed by atoms with E-state index in [1.54, 1.807) is 0 Å². The van der Waals surface area contributed by atoms with Crippen molar-refractivity contribution in [1.82, 2.24) is 10.2 Å². The quantitative estimate of drug-likeness (QED) is 0.707. The van der Waals surface area contributed by atoms with E-state index in [2.05, 4.69) is 24.1 Å². The maximum absolute atomic E-state index is 11.0. The molecular weight excluding hydrogens is 190 g/mol. The number of nitrogens with zero attached hydrogens (tertiary/aromatic N) is 1. The Balaban J connectivity index is 2.54. The number of likely N-dealkylation sites (tertiary alicyclic amines) is 1. The summed E-state index contributed by atoms with van der Waals surface area (Å²) in [6, 6.07) is 0.591. The van der Waals surface area contributed by atoms with Crippen molar-refractivity contribution in [3.63, 3.8) is 0 Å². The van der Waals surface area contributed by atoms with Gasteiger partial charge < -0.3 is 16.0 Å². The van der Waals surface area contributed by atoms with E-state index in [0.717, 1.165) is 25.9 Å². The second-order valence-electron chi connectivity index (χ2n) is 4.80. The predicted molar refractivity (Wildman–Crippen MR) is 61.5 cm³/mol. The van der Waals surface area contributed by atoms with Crippen LogP contribution in [0.25, 0.3) is 0 Å². The molecule has 4 heteroatoms. The molecule has 0 atom stereocenters. The molecule has 0 saturated carbocycles. The summed E-state index contributed by atoms with van der Waals surface area (Å²) >= 11 is 0. The predicted octanol–water partition coefficient (Wildman–Crippen LogP) is 0.324. The van der Waals surface area contributed by atoms with Gasteiger partial charge in [-0.25, -0.2) is 0 Å². The van der Waals surface area contributed by atoms with Gasteiger partial charge in [0.15, 0.2) is 0 Å². The normalized spacial score (nSPS) is 21.9. The third-order valence-corrected chi connectivity index (χ3v) is 3.53. The molecule has 1 heterocycles. The highest BCUT2D eigenvalue weighted by Gasteiger charge is 2.34. The van der Waals surface area contributed by atoms with Gasteiger partial charge in [0.1, 0.15) is 0 Å². The molecule has 0 radical (unpaired) electrons. The van der Waals surface area contributed by atoms with Gasteiger partial charge in [-0.05, 0) is 33.7 Å². The van der Waals surface area contributed by atoms with Crippen LogP contribution in [0.5, 0.6) is 0 Å². The number of hydrogen-bond acceptors (Lipinski definition) is 3. The Morgan fingerprint density at radius 2 is 2.00 bits per heavy atom. The topological polar surface area (TPSA) is 58.4 Å². The maximum atomic E-state index is 11.0. The Morgan fingerprint density at radius 1 is 1.47 bits per heavy atom. The number of amides is 1. The summed E-state index contributed by atoms with van der Waals surface area (Å²) in [4.78, 5) is 13.5. The summed E-state index contributed by atoms with van der Waals surface area (Å²) in [5.41, 5.74) is 5.23. The van der Waals surface area contributed by atoms with Crippen LogP contribution in [0.1, 0.15) is 33.1 Å². The van der Waals surface area contributed by atoms with Crippen molar-refractivity contribution in [2.24, 2.45) is 5.73 Å². The van der Waals surface area contributed by atoms with Gasteiger partial charge in [0.2, 0.25) is 5.91 Å². The van der Waals surface area contributed by atoms with E-state index in [0.29, 0.717) is 12.5 Å². The number of nitrogens with one attached hydrogen (secondary N) is 1. The van der Waals surface area contributed by atoms with Crippen LogP contribution >= 0.6 is 0 Å². The molecule has 3 N–H and O–H groups in total. The minimum absolute atomic E-state index is 0.0583. The first kappa shape index (κ1) is 12.5. The highest BCUT2D eigenvalue weighted by molar-refractivity contribution is 5.75. The molecule has 0 aromatic heterocycles. The number of primary amides is 1. The highest BCUT2D eigenvalue weighted by Crippen LogP contribution is 2.26. The van der Waals surface area contributed by atoms with Crippen LogP contribution in [0.3, 0.4) is 0 Å². The molecule has 1 aliphatic rings. The number of nitrogens with two attached hydrogens (primary N) is 1. The number of carbonyl (C=O) groups is 1. The van der Waals surface area contributed by atoms with Crippen LogP contribution in [0, 0.1) is 0 Å². The minimum Gasteiger partial charge on any atom is -0.370 e. The van der Waals surface area contributed by atoms with Crippen molar-refractivity contribution in [3.05, 3.63) is 0 Å². The second kappa shape index (κ2) is 4.94. The van der Waals surface area contributed by atoms with Crippen molar-refractivity contribution in [2.75, 3.05) is 20.1 Å². The molecular formula is C11H23N3O. The molecule has 4 nitrogen and oxygen atoms in total. The molecule has 1 fully saturated rings. The van der Waals surface area contributed by atoms with Crippen molar-refractivity contribution in [1.29, 1.82) is 0 Å². The van der Waals surface area contributed by atoms with Gasteiger partial charge in [0, 0.05) is 31.1 Å². The van der Waals surface area contributed by atoms with Crippen LogP contribution in [0.15, 0.2) is 0 Å². The lowest BCUT2D eigenvalue weighted by atomic mass is 9.84. The minimum atomic E-state index is -0.206. The average molecular weight is 213 g/mol. The molecule has 1 amide bonds. The van der Waals surface area contributed by atoms with E-state index in [1.807, 2.05) is 7.05 Å². The smallest absolute Gasteiger partial charge is 0.219 e. The SMILES string of the molecule is CNC1(CC(N)=O)CCN(C(C)C)CC1. The lowest BCUT2D eigenvalue weighted by molar-refractivity contribution is -0.120. The van der Waals surface area contributed by atoms with Gasteiger partial charge in [-0.1, -0.05) is 0 Å².